The zero-order chi connectivity index (χ0) is 22.3. The highest BCUT2D eigenvalue weighted by Crippen LogP contribution is 2.23. The van der Waals surface area contributed by atoms with Crippen LogP contribution in [-0.4, -0.2) is 15.0 Å². The van der Waals surface area contributed by atoms with Gasteiger partial charge in [-0.05, 0) is 66.8 Å². The van der Waals surface area contributed by atoms with Gasteiger partial charge in [-0.3, -0.25) is 14.2 Å². The fraction of sp³-hybridized carbons (Fsp3) is 0.136. The molecule has 0 atom stereocenters. The second-order valence-electron chi connectivity index (χ2n) is 7.16. The van der Waals surface area contributed by atoms with Crippen LogP contribution in [0.4, 0.5) is 10.1 Å². The van der Waals surface area contributed by atoms with E-state index in [1.165, 1.54) is 28.0 Å². The minimum absolute atomic E-state index is 0.0431. The van der Waals surface area contributed by atoms with Gasteiger partial charge in [0.15, 0.2) is 0 Å². The van der Waals surface area contributed by atoms with Crippen LogP contribution in [-0.2, 0) is 11.3 Å². The Labute approximate surface area is 185 Å². The molecule has 6 nitrogen and oxygen atoms in total. The summed E-state index contributed by atoms with van der Waals surface area (Å²) in [5.74, 6) is -1.06. The molecule has 9 heteroatoms. The summed E-state index contributed by atoms with van der Waals surface area (Å²) in [6.07, 6.45) is 0. The summed E-state index contributed by atoms with van der Waals surface area (Å²) in [7, 11) is 0. The molecule has 0 radical (unpaired) electrons. The van der Waals surface area contributed by atoms with Gasteiger partial charge in [0, 0.05) is 0 Å². The molecule has 2 aromatic heterocycles. The molecule has 2 aromatic carbocycles. The van der Waals surface area contributed by atoms with Gasteiger partial charge in [0.1, 0.15) is 17.1 Å². The maximum absolute atomic E-state index is 13.3. The van der Waals surface area contributed by atoms with E-state index in [0.717, 1.165) is 21.8 Å². The molecule has 4 aromatic rings. The van der Waals surface area contributed by atoms with Crippen molar-refractivity contribution >= 4 is 44.7 Å². The number of nitrogens with zero attached hydrogens (tertiary/aromatic N) is 2. The number of hydrogen-bond acceptors (Lipinski definition) is 4. The predicted octanol–water partition coefficient (Wildman–Crippen LogP) is 4.26. The van der Waals surface area contributed by atoms with E-state index >= 15 is 0 Å². The first-order valence-electron chi connectivity index (χ1n) is 9.31. The molecule has 0 fully saturated rings. The van der Waals surface area contributed by atoms with Gasteiger partial charge in [-0.25, -0.2) is 13.8 Å². The van der Waals surface area contributed by atoms with Gasteiger partial charge >= 0.3 is 5.69 Å². The summed E-state index contributed by atoms with van der Waals surface area (Å²) in [6.45, 7) is 3.41. The molecule has 0 aliphatic carbocycles. The molecule has 2 heterocycles. The van der Waals surface area contributed by atoms with Gasteiger partial charge in [-0.1, -0.05) is 17.7 Å². The maximum atomic E-state index is 13.3. The Bertz CT molecular complexity index is 1430. The molecule has 158 valence electrons. The number of fused-ring (bicyclic) bond motifs is 1. The lowest BCUT2D eigenvalue weighted by Crippen LogP contribution is -2.40. The lowest BCUT2D eigenvalue weighted by atomic mass is 10.1. The molecule has 31 heavy (non-hydrogen) atoms. The highest BCUT2D eigenvalue weighted by Gasteiger charge is 2.18. The topological polar surface area (TPSA) is 73.1 Å². The maximum Gasteiger partial charge on any atom is 0.336 e. The molecule has 0 bridgehead atoms. The largest absolute Gasteiger partial charge is 0.336 e. The van der Waals surface area contributed by atoms with Gasteiger partial charge in [-0.2, -0.15) is 0 Å². The fourth-order valence-electron chi connectivity index (χ4n) is 3.47. The first-order valence-corrected chi connectivity index (χ1v) is 10.6. The summed E-state index contributed by atoms with van der Waals surface area (Å²) >= 11 is 7.18. The van der Waals surface area contributed by atoms with Crippen molar-refractivity contribution in [1.29, 1.82) is 0 Å². The number of nitrogens with one attached hydrogen (secondary N) is 1. The van der Waals surface area contributed by atoms with E-state index in [9.17, 15) is 18.8 Å². The Morgan fingerprint density at radius 1 is 1.10 bits per heavy atom. The molecular weight excluding hydrogens is 441 g/mol. The van der Waals surface area contributed by atoms with E-state index in [-0.39, 0.29) is 17.3 Å². The van der Waals surface area contributed by atoms with Gasteiger partial charge in [0.05, 0.1) is 21.9 Å². The van der Waals surface area contributed by atoms with E-state index in [1.54, 1.807) is 23.6 Å². The first-order chi connectivity index (χ1) is 14.7. The van der Waals surface area contributed by atoms with Crippen LogP contribution in [0.3, 0.4) is 0 Å². The summed E-state index contributed by atoms with van der Waals surface area (Å²) in [5.41, 5.74) is 1.80. The standard InChI is InChI=1S/C22H17ClFN3O3S/c1-12-7-13(2)9-15(8-12)27-21(29)20-18(5-6-31-20)26(22(27)30)11-19(28)25-17-4-3-14(24)10-16(17)23/h3-10H,11H2,1-2H3,(H,25,28). The SMILES string of the molecule is Cc1cc(C)cc(-n2c(=O)c3sccc3n(CC(=O)Nc3ccc(F)cc3Cl)c2=O)c1. The van der Waals surface area contributed by atoms with Gasteiger partial charge in [0.25, 0.3) is 5.56 Å². The first kappa shape index (κ1) is 21.0. The smallest absolute Gasteiger partial charge is 0.323 e. The van der Waals surface area contributed by atoms with Crippen LogP contribution in [0.25, 0.3) is 15.9 Å². The van der Waals surface area contributed by atoms with Gasteiger partial charge in [-0.15, -0.1) is 11.3 Å². The second kappa shape index (κ2) is 8.13. The van der Waals surface area contributed by atoms with Crippen LogP contribution < -0.4 is 16.6 Å². The average molecular weight is 458 g/mol. The average Bonchev–Trinajstić information content (AvgIpc) is 3.17. The molecule has 0 saturated carbocycles. The molecule has 0 unspecified atom stereocenters. The highest BCUT2D eigenvalue weighted by molar-refractivity contribution is 7.17. The summed E-state index contributed by atoms with van der Waals surface area (Å²) in [6, 6.07) is 10.7. The Morgan fingerprint density at radius 2 is 1.81 bits per heavy atom. The molecule has 1 N–H and O–H groups in total. The lowest BCUT2D eigenvalue weighted by molar-refractivity contribution is -0.116. The van der Waals surface area contributed by atoms with Crippen LogP contribution in [0.2, 0.25) is 5.02 Å². The van der Waals surface area contributed by atoms with Crippen molar-refractivity contribution in [2.75, 3.05) is 5.32 Å². The fourth-order valence-corrected chi connectivity index (χ4v) is 4.51. The zero-order valence-corrected chi connectivity index (χ0v) is 18.2. The number of aromatic nitrogens is 2. The third kappa shape index (κ3) is 4.04. The third-order valence-corrected chi connectivity index (χ3v) is 5.93. The van der Waals surface area contributed by atoms with E-state index in [4.69, 9.17) is 11.6 Å². The van der Waals surface area contributed by atoms with E-state index in [1.807, 2.05) is 19.9 Å². The highest BCUT2D eigenvalue weighted by atomic mass is 35.5. The number of aryl methyl sites for hydroxylation is 2. The van der Waals surface area contributed by atoms with Crippen molar-refractivity contribution in [3.05, 3.63) is 90.6 Å². The number of anilines is 1. The number of amides is 1. The molecule has 1 amide bonds. The Hall–Kier alpha value is -3.23. The lowest BCUT2D eigenvalue weighted by Gasteiger charge is -2.14. The third-order valence-electron chi connectivity index (χ3n) is 4.73. The van der Waals surface area contributed by atoms with Crippen LogP contribution in [0.15, 0.2) is 57.4 Å². The van der Waals surface area contributed by atoms with E-state index in [0.29, 0.717) is 15.9 Å². The molecule has 0 spiro atoms. The number of halogens is 2. The normalized spacial score (nSPS) is 11.1. The van der Waals surface area contributed by atoms with Gasteiger partial charge in [0.2, 0.25) is 5.91 Å². The van der Waals surface area contributed by atoms with Crippen molar-refractivity contribution in [2.45, 2.75) is 20.4 Å². The van der Waals surface area contributed by atoms with E-state index < -0.39 is 23.0 Å². The van der Waals surface area contributed by atoms with E-state index in [2.05, 4.69) is 5.32 Å². The predicted molar refractivity (Wildman–Crippen MR) is 121 cm³/mol. The van der Waals surface area contributed by atoms with Gasteiger partial charge < -0.3 is 5.32 Å². The number of rotatable bonds is 4. The number of hydrogen-bond donors (Lipinski definition) is 1. The quantitative estimate of drug-likeness (QED) is 0.497. The number of carbonyl (C=O) groups is 1. The minimum atomic E-state index is -0.624. The van der Waals surface area contributed by atoms with Crippen molar-refractivity contribution < 1.29 is 9.18 Å². The van der Waals surface area contributed by atoms with Crippen LogP contribution in [0, 0.1) is 19.7 Å². The number of carbonyl (C=O) groups excluding carboxylic acids is 1. The second-order valence-corrected chi connectivity index (χ2v) is 8.49. The summed E-state index contributed by atoms with van der Waals surface area (Å²) in [5, 5.41) is 4.32. The molecule has 0 saturated heterocycles. The molecular formula is C22H17ClFN3O3S. The zero-order valence-electron chi connectivity index (χ0n) is 16.6. The Kier molecular flexibility index (Phi) is 5.51. The summed E-state index contributed by atoms with van der Waals surface area (Å²) in [4.78, 5) is 39.0. The monoisotopic (exact) mass is 457 g/mol. The van der Waals surface area contributed by atoms with Crippen molar-refractivity contribution in [2.24, 2.45) is 0 Å². The Morgan fingerprint density at radius 3 is 2.48 bits per heavy atom. The van der Waals surface area contributed by atoms with Crippen molar-refractivity contribution in [3.63, 3.8) is 0 Å². The molecule has 0 aliphatic rings. The molecule has 0 aliphatic heterocycles. The van der Waals surface area contributed by atoms with Crippen LogP contribution in [0.1, 0.15) is 11.1 Å². The Balaban J connectivity index is 1.81. The summed E-state index contributed by atoms with van der Waals surface area (Å²) < 4.78 is 15.9. The number of thiophene rings is 1. The molecule has 4 rings (SSSR count). The van der Waals surface area contributed by atoms with Crippen LogP contribution in [0.5, 0.6) is 0 Å². The van der Waals surface area contributed by atoms with Crippen molar-refractivity contribution in [3.8, 4) is 5.69 Å². The van der Waals surface area contributed by atoms with Crippen molar-refractivity contribution in [1.82, 2.24) is 9.13 Å². The number of benzene rings is 2. The minimum Gasteiger partial charge on any atom is -0.323 e. The van der Waals surface area contributed by atoms with Crippen LogP contribution >= 0.6 is 22.9 Å².